The Balaban J connectivity index is 1.88. The fourth-order valence-electron chi connectivity index (χ4n) is 2.24. The zero-order valence-corrected chi connectivity index (χ0v) is 15.4. The minimum atomic E-state index is -0.0667. The van der Waals surface area contributed by atoms with Crippen molar-refractivity contribution in [1.82, 2.24) is 29.7 Å². The van der Waals surface area contributed by atoms with Crippen molar-refractivity contribution in [1.29, 1.82) is 0 Å². The molecule has 9 nitrogen and oxygen atoms in total. The second-order valence-electron chi connectivity index (χ2n) is 5.53. The van der Waals surface area contributed by atoms with Gasteiger partial charge in [-0.3, -0.25) is 4.57 Å². The number of nitrogen functional groups attached to an aromatic ring is 1. The van der Waals surface area contributed by atoms with Crippen molar-refractivity contribution in [3.05, 3.63) is 24.2 Å². The summed E-state index contributed by atoms with van der Waals surface area (Å²) >= 11 is 1.52. The van der Waals surface area contributed by atoms with Crippen LogP contribution in [0.2, 0.25) is 0 Å². The summed E-state index contributed by atoms with van der Waals surface area (Å²) in [6.07, 6.45) is 1.62. The van der Waals surface area contributed by atoms with E-state index in [2.05, 4.69) is 25.1 Å². The van der Waals surface area contributed by atoms with Gasteiger partial charge in [-0.25, -0.2) is 0 Å². The number of nitrogens with two attached hydrogens (primary N) is 1. The molecule has 0 saturated carbocycles. The highest BCUT2D eigenvalue weighted by atomic mass is 32.2. The smallest absolute Gasteiger partial charge is 0.229 e. The number of nitrogens with zero attached hydrogens (tertiary/aromatic N) is 7. The first-order chi connectivity index (χ1) is 12.0. The van der Waals surface area contributed by atoms with Crippen molar-refractivity contribution in [3.8, 4) is 11.6 Å². The molecule has 0 aliphatic carbocycles. The van der Waals surface area contributed by atoms with Crippen molar-refractivity contribution in [3.63, 3.8) is 0 Å². The van der Waals surface area contributed by atoms with Gasteiger partial charge in [0, 0.05) is 20.6 Å². The molecule has 25 heavy (non-hydrogen) atoms. The summed E-state index contributed by atoms with van der Waals surface area (Å²) in [6.45, 7) is 4.76. The summed E-state index contributed by atoms with van der Waals surface area (Å²) in [6, 6.07) is 3.69. The molecule has 0 fully saturated rings. The molecule has 3 aromatic rings. The second-order valence-corrected chi connectivity index (χ2v) is 6.84. The first-order valence-electron chi connectivity index (χ1n) is 7.82. The van der Waals surface area contributed by atoms with Crippen molar-refractivity contribution in [2.75, 3.05) is 24.7 Å². The van der Waals surface area contributed by atoms with Crippen molar-refractivity contribution in [2.45, 2.75) is 30.8 Å². The van der Waals surface area contributed by atoms with E-state index in [1.54, 1.807) is 11.2 Å². The van der Waals surface area contributed by atoms with Gasteiger partial charge in [0.2, 0.25) is 11.9 Å². The van der Waals surface area contributed by atoms with E-state index in [0.29, 0.717) is 23.4 Å². The highest BCUT2D eigenvalue weighted by molar-refractivity contribution is 7.99. The van der Waals surface area contributed by atoms with E-state index in [1.807, 2.05) is 44.6 Å². The number of furan rings is 1. The van der Waals surface area contributed by atoms with Crippen LogP contribution in [0.3, 0.4) is 0 Å². The van der Waals surface area contributed by atoms with Crippen LogP contribution in [-0.4, -0.2) is 43.8 Å². The van der Waals surface area contributed by atoms with Gasteiger partial charge in [-0.05, 0) is 26.0 Å². The zero-order valence-electron chi connectivity index (χ0n) is 14.5. The van der Waals surface area contributed by atoms with Crippen LogP contribution in [-0.2, 0) is 6.54 Å². The monoisotopic (exact) mass is 360 g/mol. The molecule has 1 unspecified atom stereocenters. The Hall–Kier alpha value is -2.62. The third-order valence-electron chi connectivity index (χ3n) is 3.48. The van der Waals surface area contributed by atoms with Crippen LogP contribution in [0.4, 0.5) is 11.9 Å². The third kappa shape index (κ3) is 3.58. The number of anilines is 2. The lowest BCUT2D eigenvalue weighted by Crippen LogP contribution is -2.16. The molecular formula is C15H20N8OS. The maximum Gasteiger partial charge on any atom is 0.229 e. The minimum absolute atomic E-state index is 0.0667. The average molecular weight is 360 g/mol. The normalized spacial score (nSPS) is 12.3. The lowest BCUT2D eigenvalue weighted by atomic mass is 10.4. The molecule has 0 spiro atoms. The van der Waals surface area contributed by atoms with Gasteiger partial charge < -0.3 is 15.1 Å². The topological polar surface area (TPSA) is 112 Å². The van der Waals surface area contributed by atoms with Gasteiger partial charge in [-0.2, -0.15) is 15.0 Å². The van der Waals surface area contributed by atoms with Gasteiger partial charge in [0.15, 0.2) is 16.7 Å². The zero-order chi connectivity index (χ0) is 18.0. The van der Waals surface area contributed by atoms with E-state index in [0.717, 1.165) is 11.7 Å². The SMILES string of the molecule is CCn1c(SC(C)c2nc(N)nc(N(C)C)n2)nnc1-c1ccco1. The third-order valence-corrected chi connectivity index (χ3v) is 4.56. The maximum absolute atomic E-state index is 5.81. The van der Waals surface area contributed by atoms with Crippen LogP contribution in [0.1, 0.15) is 24.9 Å². The summed E-state index contributed by atoms with van der Waals surface area (Å²) in [7, 11) is 3.72. The Morgan fingerprint density at radius 2 is 2.08 bits per heavy atom. The van der Waals surface area contributed by atoms with Gasteiger partial charge in [-0.1, -0.05) is 11.8 Å². The number of thioether (sulfide) groups is 1. The average Bonchev–Trinajstić information content (AvgIpc) is 3.23. The second kappa shape index (κ2) is 7.09. The fraction of sp³-hybridized carbons (Fsp3) is 0.400. The highest BCUT2D eigenvalue weighted by Crippen LogP contribution is 2.34. The van der Waals surface area contributed by atoms with Crippen molar-refractivity contribution >= 4 is 23.7 Å². The molecule has 3 rings (SSSR count). The Morgan fingerprint density at radius 3 is 2.72 bits per heavy atom. The number of rotatable bonds is 6. The molecule has 0 amide bonds. The first kappa shape index (κ1) is 17.2. The van der Waals surface area contributed by atoms with Gasteiger partial charge in [-0.15, -0.1) is 10.2 Å². The Kier molecular flexibility index (Phi) is 4.88. The molecule has 0 aromatic carbocycles. The molecular weight excluding hydrogens is 340 g/mol. The summed E-state index contributed by atoms with van der Waals surface area (Å²) < 4.78 is 7.43. The highest BCUT2D eigenvalue weighted by Gasteiger charge is 2.20. The van der Waals surface area contributed by atoms with E-state index < -0.39 is 0 Å². The van der Waals surface area contributed by atoms with E-state index >= 15 is 0 Å². The van der Waals surface area contributed by atoms with E-state index in [-0.39, 0.29) is 11.2 Å². The lowest BCUT2D eigenvalue weighted by Gasteiger charge is -2.14. The summed E-state index contributed by atoms with van der Waals surface area (Å²) in [5.74, 6) is 2.73. The van der Waals surface area contributed by atoms with Crippen LogP contribution in [0, 0.1) is 0 Å². The minimum Gasteiger partial charge on any atom is -0.461 e. The van der Waals surface area contributed by atoms with E-state index in [4.69, 9.17) is 10.2 Å². The fourth-order valence-corrected chi connectivity index (χ4v) is 3.20. The van der Waals surface area contributed by atoms with Crippen LogP contribution in [0.5, 0.6) is 0 Å². The molecule has 3 heterocycles. The molecule has 0 saturated heterocycles. The van der Waals surface area contributed by atoms with Gasteiger partial charge >= 0.3 is 0 Å². The van der Waals surface area contributed by atoms with Gasteiger partial charge in [0.25, 0.3) is 0 Å². The van der Waals surface area contributed by atoms with Gasteiger partial charge in [0.1, 0.15) is 5.82 Å². The number of aromatic nitrogens is 6. The largest absolute Gasteiger partial charge is 0.461 e. The molecule has 0 bridgehead atoms. The molecule has 0 radical (unpaired) electrons. The maximum atomic E-state index is 5.81. The van der Waals surface area contributed by atoms with E-state index in [1.165, 1.54) is 11.8 Å². The summed E-state index contributed by atoms with van der Waals surface area (Å²) in [4.78, 5) is 14.6. The Morgan fingerprint density at radius 1 is 1.28 bits per heavy atom. The quantitative estimate of drug-likeness (QED) is 0.661. The summed E-state index contributed by atoms with van der Waals surface area (Å²) in [5, 5.41) is 9.25. The predicted octanol–water partition coefficient (Wildman–Crippen LogP) is 2.24. The van der Waals surface area contributed by atoms with E-state index in [9.17, 15) is 0 Å². The van der Waals surface area contributed by atoms with Crippen LogP contribution in [0.25, 0.3) is 11.6 Å². The van der Waals surface area contributed by atoms with Crippen LogP contribution < -0.4 is 10.6 Å². The first-order valence-corrected chi connectivity index (χ1v) is 8.70. The molecule has 2 N–H and O–H groups in total. The lowest BCUT2D eigenvalue weighted by molar-refractivity contribution is 0.567. The summed E-state index contributed by atoms with van der Waals surface area (Å²) in [5.41, 5.74) is 5.81. The Bertz CT molecular complexity index is 845. The molecule has 10 heteroatoms. The molecule has 3 aromatic heterocycles. The molecule has 0 aliphatic rings. The number of hydrogen-bond donors (Lipinski definition) is 1. The standard InChI is InChI=1S/C15H20N8OS/c1-5-23-12(10-7-6-8-24-10)20-21-15(23)25-9(2)11-17-13(16)19-14(18-11)22(3)4/h6-9H,5H2,1-4H3,(H2,16,17,18,19). The number of hydrogen-bond acceptors (Lipinski definition) is 9. The molecule has 0 aliphatic heterocycles. The van der Waals surface area contributed by atoms with Crippen LogP contribution in [0.15, 0.2) is 28.0 Å². The predicted molar refractivity (Wildman–Crippen MR) is 96.2 cm³/mol. The van der Waals surface area contributed by atoms with Crippen molar-refractivity contribution < 1.29 is 4.42 Å². The Labute approximate surface area is 149 Å². The van der Waals surface area contributed by atoms with Crippen molar-refractivity contribution in [2.24, 2.45) is 0 Å². The van der Waals surface area contributed by atoms with Crippen LogP contribution >= 0.6 is 11.8 Å². The van der Waals surface area contributed by atoms with Gasteiger partial charge in [0.05, 0.1) is 11.5 Å². The molecule has 1 atom stereocenters. The molecule has 132 valence electrons.